The maximum atomic E-state index is 11.4. The molecule has 2 unspecified atom stereocenters. The number of nitrogens with zero attached hydrogens (tertiary/aromatic N) is 6. The van der Waals surface area contributed by atoms with Crippen molar-refractivity contribution in [2.24, 2.45) is 11.7 Å². The third kappa shape index (κ3) is 13.9. The van der Waals surface area contributed by atoms with Crippen LogP contribution in [0.2, 0.25) is 0 Å². The van der Waals surface area contributed by atoms with Crippen LogP contribution < -0.4 is 5.73 Å². The molecule has 0 aliphatic heterocycles. The molecule has 0 fully saturated rings. The summed E-state index contributed by atoms with van der Waals surface area (Å²) in [5.41, 5.74) is 5.09. The molecule has 3 heterocycles. The molecule has 0 aliphatic rings. The van der Waals surface area contributed by atoms with E-state index >= 15 is 0 Å². The van der Waals surface area contributed by atoms with Gasteiger partial charge >= 0.3 is 6.03 Å². The summed E-state index contributed by atoms with van der Waals surface area (Å²) in [5, 5.41) is 0. The lowest BCUT2D eigenvalue weighted by molar-refractivity contribution is -0.125. The molecule has 0 bridgehead atoms. The minimum Gasteiger partial charge on any atom is -0.322 e. The predicted octanol–water partition coefficient (Wildman–Crippen LogP) is 2.25. The molecule has 2 N–H and O–H groups in total. The number of hydrogen-bond donors (Lipinski definition) is 1. The molecule has 0 saturated heterocycles. The monoisotopic (exact) mass is 487 g/mol. The van der Waals surface area contributed by atoms with Crippen LogP contribution in [0.3, 0.4) is 0 Å². The topological polar surface area (TPSA) is 165 Å². The molecule has 0 aromatic carbocycles. The minimum absolute atomic E-state index is 0.0116. The number of aromatic nitrogens is 6. The Morgan fingerprint density at radius 2 is 1.09 bits per heavy atom. The highest BCUT2D eigenvalue weighted by Crippen LogP contribution is 2.02. The Morgan fingerprint density at radius 1 is 0.714 bits per heavy atom. The second kappa shape index (κ2) is 16.5. The van der Waals surface area contributed by atoms with Crippen molar-refractivity contribution in [3.05, 3.63) is 56.2 Å². The van der Waals surface area contributed by atoms with Crippen LogP contribution in [0.1, 0.15) is 52.8 Å². The van der Waals surface area contributed by atoms with E-state index in [1.165, 1.54) is 60.4 Å². The normalized spacial score (nSPS) is 11.2. The van der Waals surface area contributed by atoms with Gasteiger partial charge in [0.15, 0.2) is 0 Å². The number of nitrogens with two attached hydrogens (primary N) is 1. The van der Waals surface area contributed by atoms with Gasteiger partial charge in [-0.05, 0) is 27.7 Å². The van der Waals surface area contributed by atoms with E-state index in [2.05, 4.69) is 15.0 Å². The molecule has 35 heavy (non-hydrogen) atoms. The number of imidazole rings is 3. The van der Waals surface area contributed by atoms with E-state index in [4.69, 9.17) is 5.73 Å². The highest BCUT2D eigenvalue weighted by atomic mass is 16.2. The molecule has 2 atom stereocenters. The number of carbonyl (C=O) groups excluding carboxylic acids is 5. The first-order valence-corrected chi connectivity index (χ1v) is 10.6. The second-order valence-electron chi connectivity index (χ2n) is 7.53. The van der Waals surface area contributed by atoms with Gasteiger partial charge in [0, 0.05) is 56.4 Å². The van der Waals surface area contributed by atoms with E-state index in [1.54, 1.807) is 51.0 Å². The number of hydrogen-bond acceptors (Lipinski definition) is 9. The SMILES string of the molecule is CC(=O)C(C)N.CC(=O)CC(C)C(C)=O.CC(=O)n1ccnc1.O=C(n1ccnc1)n1ccnc1. The first-order valence-electron chi connectivity index (χ1n) is 10.6. The summed E-state index contributed by atoms with van der Waals surface area (Å²) in [6.07, 6.45) is 14.2. The second-order valence-corrected chi connectivity index (χ2v) is 7.53. The van der Waals surface area contributed by atoms with Crippen molar-refractivity contribution in [1.82, 2.24) is 28.7 Å². The van der Waals surface area contributed by atoms with Crippen molar-refractivity contribution >= 4 is 29.3 Å². The Labute approximate surface area is 204 Å². The van der Waals surface area contributed by atoms with Gasteiger partial charge in [0.25, 0.3) is 0 Å². The van der Waals surface area contributed by atoms with Crippen molar-refractivity contribution < 1.29 is 24.0 Å². The van der Waals surface area contributed by atoms with Gasteiger partial charge in [-0.2, -0.15) is 0 Å². The summed E-state index contributed by atoms with van der Waals surface area (Å²) in [6.45, 7) is 9.41. The van der Waals surface area contributed by atoms with Gasteiger partial charge in [0.1, 0.15) is 36.3 Å². The fraction of sp³-hybridized carbons (Fsp3) is 0.391. The van der Waals surface area contributed by atoms with Gasteiger partial charge in [-0.3, -0.25) is 28.1 Å². The van der Waals surface area contributed by atoms with Gasteiger partial charge < -0.3 is 10.5 Å². The van der Waals surface area contributed by atoms with E-state index in [-0.39, 0.29) is 41.2 Å². The van der Waals surface area contributed by atoms with Crippen LogP contribution in [-0.4, -0.2) is 64.0 Å². The van der Waals surface area contributed by atoms with Crippen molar-refractivity contribution in [3.8, 4) is 0 Å². The number of Topliss-reactive ketones (excluding diaryl/α,β-unsaturated/α-hetero) is 3. The molecule has 3 rings (SSSR count). The summed E-state index contributed by atoms with van der Waals surface area (Å²) in [5.74, 6) is 0.0999. The van der Waals surface area contributed by atoms with E-state index in [0.717, 1.165) is 0 Å². The largest absolute Gasteiger partial charge is 0.338 e. The van der Waals surface area contributed by atoms with Crippen molar-refractivity contribution in [3.63, 3.8) is 0 Å². The van der Waals surface area contributed by atoms with Crippen molar-refractivity contribution in [1.29, 1.82) is 0 Å². The van der Waals surface area contributed by atoms with Crippen molar-refractivity contribution in [2.45, 2.75) is 54.0 Å². The van der Waals surface area contributed by atoms with Gasteiger partial charge in [-0.1, -0.05) is 6.92 Å². The molecule has 12 nitrogen and oxygen atoms in total. The first kappa shape index (κ1) is 30.9. The van der Waals surface area contributed by atoms with Crippen LogP contribution in [0.15, 0.2) is 56.2 Å². The fourth-order valence-corrected chi connectivity index (χ4v) is 1.90. The lowest BCUT2D eigenvalue weighted by Gasteiger charge is -2.01. The zero-order chi connectivity index (χ0) is 27.0. The maximum Gasteiger partial charge on any atom is 0.338 e. The first-order chi connectivity index (χ1) is 16.4. The summed E-state index contributed by atoms with van der Waals surface area (Å²) >= 11 is 0. The van der Waals surface area contributed by atoms with Gasteiger partial charge in [0.2, 0.25) is 5.91 Å². The number of rotatable bonds is 4. The molecule has 3 aromatic rings. The zero-order valence-electron chi connectivity index (χ0n) is 20.9. The smallest absolute Gasteiger partial charge is 0.322 e. The van der Waals surface area contributed by atoms with Crippen LogP contribution in [0, 0.1) is 5.92 Å². The highest BCUT2D eigenvalue weighted by Gasteiger charge is 2.08. The third-order valence-electron chi connectivity index (χ3n) is 4.25. The summed E-state index contributed by atoms with van der Waals surface area (Å²) in [6, 6.07) is -0.477. The van der Waals surface area contributed by atoms with Gasteiger partial charge in [-0.15, -0.1) is 0 Å². The summed E-state index contributed by atoms with van der Waals surface area (Å²) in [7, 11) is 0. The van der Waals surface area contributed by atoms with Crippen LogP contribution in [0.25, 0.3) is 0 Å². The molecule has 190 valence electrons. The third-order valence-corrected chi connectivity index (χ3v) is 4.25. The van der Waals surface area contributed by atoms with Crippen LogP contribution >= 0.6 is 0 Å². The zero-order valence-corrected chi connectivity index (χ0v) is 20.9. The minimum atomic E-state index is -0.287. The molecule has 0 amide bonds. The Hall–Kier alpha value is -4.06. The van der Waals surface area contributed by atoms with E-state index < -0.39 is 0 Å². The van der Waals surface area contributed by atoms with E-state index in [9.17, 15) is 24.0 Å². The van der Waals surface area contributed by atoms with Crippen LogP contribution in [0.5, 0.6) is 0 Å². The van der Waals surface area contributed by atoms with E-state index in [0.29, 0.717) is 6.42 Å². The van der Waals surface area contributed by atoms with E-state index in [1.807, 2.05) is 0 Å². The lowest BCUT2D eigenvalue weighted by atomic mass is 10.0. The quantitative estimate of drug-likeness (QED) is 0.581. The molecule has 0 saturated carbocycles. The molecular formula is C23H33N7O5. The van der Waals surface area contributed by atoms with Crippen molar-refractivity contribution in [2.75, 3.05) is 0 Å². The Kier molecular flexibility index (Phi) is 14.6. The molecule has 0 aliphatic carbocycles. The molecule has 0 spiro atoms. The maximum absolute atomic E-state index is 11.4. The van der Waals surface area contributed by atoms with Gasteiger partial charge in [-0.25, -0.2) is 19.7 Å². The predicted molar refractivity (Wildman–Crippen MR) is 129 cm³/mol. The number of ketones is 3. The Bertz CT molecular complexity index is 1000. The molecular weight excluding hydrogens is 454 g/mol. The molecule has 0 radical (unpaired) electrons. The summed E-state index contributed by atoms with van der Waals surface area (Å²) in [4.78, 5) is 64.0. The average molecular weight is 488 g/mol. The average Bonchev–Trinajstić information content (AvgIpc) is 3.58. The molecule has 12 heteroatoms. The fourth-order valence-electron chi connectivity index (χ4n) is 1.90. The highest BCUT2D eigenvalue weighted by molar-refractivity contribution is 5.85. The summed E-state index contributed by atoms with van der Waals surface area (Å²) < 4.78 is 4.17. The molecule has 3 aromatic heterocycles. The lowest BCUT2D eigenvalue weighted by Crippen LogP contribution is -2.23. The standard InChI is InChI=1S/C7H6N4O.C7H12O2.C5H6N2O.C4H9NO/c12-7(10-3-1-8-5-10)11-4-2-9-6-11;1-5(7(3)9)4-6(2)8;1-5(8)7-3-2-6-4-7;1-3(5)4(2)6/h1-6H;5H,4H2,1-3H3;2-4H,1H3;3H,5H2,1-2H3. The Morgan fingerprint density at radius 3 is 1.26 bits per heavy atom. The van der Waals surface area contributed by atoms with Crippen LogP contribution in [0.4, 0.5) is 4.79 Å². The number of carbonyl (C=O) groups is 5. The Balaban J connectivity index is 0.000000456. The van der Waals surface area contributed by atoms with Gasteiger partial charge in [0.05, 0.1) is 6.04 Å². The van der Waals surface area contributed by atoms with Crippen LogP contribution in [-0.2, 0) is 14.4 Å².